The molecule has 5 nitrogen and oxygen atoms in total. The van der Waals surface area contributed by atoms with Crippen molar-refractivity contribution in [2.45, 2.75) is 6.92 Å². The summed E-state index contributed by atoms with van der Waals surface area (Å²) in [5, 5.41) is 5.48. The Morgan fingerprint density at radius 1 is 1.45 bits per heavy atom. The lowest BCUT2D eigenvalue weighted by molar-refractivity contribution is -0.123. The predicted octanol–water partition coefficient (Wildman–Crippen LogP) is 2.22. The highest BCUT2D eigenvalue weighted by atomic mass is 32.1. The fourth-order valence-electron chi connectivity index (χ4n) is 2.01. The van der Waals surface area contributed by atoms with Crippen LogP contribution in [0.4, 0.5) is 5.00 Å². The lowest BCUT2D eigenvalue weighted by Crippen LogP contribution is -2.54. The Balaban J connectivity index is 1.52. The second-order valence-electron chi connectivity index (χ2n) is 4.71. The summed E-state index contributed by atoms with van der Waals surface area (Å²) in [6, 6.07) is 5.50. The SMILES string of the molecule is Cc1cc(NC(=O)C2CN(C(=O)c3cccs3)C2)sn1. The van der Waals surface area contributed by atoms with Crippen molar-refractivity contribution in [1.29, 1.82) is 0 Å². The summed E-state index contributed by atoms with van der Waals surface area (Å²) in [6.07, 6.45) is 0. The van der Waals surface area contributed by atoms with E-state index in [1.54, 1.807) is 11.0 Å². The largest absolute Gasteiger partial charge is 0.336 e. The highest BCUT2D eigenvalue weighted by Gasteiger charge is 2.36. The van der Waals surface area contributed by atoms with Crippen molar-refractivity contribution in [3.8, 4) is 0 Å². The molecule has 3 rings (SSSR count). The number of anilines is 1. The van der Waals surface area contributed by atoms with Crippen molar-refractivity contribution >= 4 is 39.7 Å². The molecule has 3 heterocycles. The van der Waals surface area contributed by atoms with Gasteiger partial charge in [-0.3, -0.25) is 9.59 Å². The number of amides is 2. The Morgan fingerprint density at radius 3 is 2.85 bits per heavy atom. The molecule has 0 spiro atoms. The molecule has 2 aromatic heterocycles. The Labute approximate surface area is 124 Å². The van der Waals surface area contributed by atoms with Crippen molar-refractivity contribution in [3.63, 3.8) is 0 Å². The second kappa shape index (κ2) is 5.34. The van der Waals surface area contributed by atoms with Crippen molar-refractivity contribution in [3.05, 3.63) is 34.2 Å². The monoisotopic (exact) mass is 307 g/mol. The molecule has 0 unspecified atom stereocenters. The molecule has 20 heavy (non-hydrogen) atoms. The van der Waals surface area contributed by atoms with Gasteiger partial charge in [-0.25, -0.2) is 0 Å². The van der Waals surface area contributed by atoms with E-state index in [0.29, 0.717) is 13.1 Å². The van der Waals surface area contributed by atoms with E-state index in [1.165, 1.54) is 22.9 Å². The summed E-state index contributed by atoms with van der Waals surface area (Å²) in [5.74, 6) is -0.150. The maximum atomic E-state index is 12.0. The maximum absolute atomic E-state index is 12.0. The van der Waals surface area contributed by atoms with Crippen LogP contribution in [0.2, 0.25) is 0 Å². The van der Waals surface area contributed by atoms with Crippen LogP contribution in [0.1, 0.15) is 15.4 Å². The summed E-state index contributed by atoms with van der Waals surface area (Å²) < 4.78 is 4.11. The minimum atomic E-state index is -0.124. The van der Waals surface area contributed by atoms with E-state index in [2.05, 4.69) is 9.69 Å². The molecule has 1 aliphatic heterocycles. The maximum Gasteiger partial charge on any atom is 0.263 e. The first-order valence-corrected chi connectivity index (χ1v) is 7.86. The van der Waals surface area contributed by atoms with Gasteiger partial charge in [-0.05, 0) is 36.0 Å². The van der Waals surface area contributed by atoms with Crippen LogP contribution in [0.5, 0.6) is 0 Å². The average Bonchev–Trinajstić information content (AvgIpc) is 2.98. The van der Waals surface area contributed by atoms with E-state index in [-0.39, 0.29) is 17.7 Å². The van der Waals surface area contributed by atoms with E-state index >= 15 is 0 Å². The topological polar surface area (TPSA) is 62.3 Å². The summed E-state index contributed by atoms with van der Waals surface area (Å²) in [5.41, 5.74) is 0.897. The third kappa shape index (κ3) is 2.59. The number of hydrogen-bond donors (Lipinski definition) is 1. The van der Waals surface area contributed by atoms with Crippen LogP contribution in [-0.2, 0) is 4.79 Å². The van der Waals surface area contributed by atoms with Gasteiger partial charge in [0.05, 0.1) is 16.5 Å². The van der Waals surface area contributed by atoms with Gasteiger partial charge in [0.1, 0.15) is 5.00 Å². The van der Waals surface area contributed by atoms with Crippen molar-refractivity contribution in [1.82, 2.24) is 9.27 Å². The minimum absolute atomic E-state index is 0.0117. The first-order chi connectivity index (χ1) is 9.63. The van der Waals surface area contributed by atoms with Crippen LogP contribution in [0.15, 0.2) is 23.6 Å². The third-order valence-corrected chi connectivity index (χ3v) is 4.80. The number of hydrogen-bond acceptors (Lipinski definition) is 5. The first-order valence-electron chi connectivity index (χ1n) is 6.20. The van der Waals surface area contributed by atoms with Crippen LogP contribution in [0.3, 0.4) is 0 Å². The van der Waals surface area contributed by atoms with E-state index < -0.39 is 0 Å². The number of nitrogens with one attached hydrogen (secondary N) is 1. The summed E-state index contributed by atoms with van der Waals surface area (Å²) in [6.45, 7) is 2.86. The quantitative estimate of drug-likeness (QED) is 0.946. The molecular formula is C13H13N3O2S2. The van der Waals surface area contributed by atoms with Crippen LogP contribution in [-0.4, -0.2) is 34.2 Å². The second-order valence-corrected chi connectivity index (χ2v) is 6.46. The Morgan fingerprint density at radius 2 is 2.25 bits per heavy atom. The normalized spacial score (nSPS) is 14.9. The molecule has 1 aliphatic rings. The van der Waals surface area contributed by atoms with E-state index in [1.807, 2.05) is 24.4 Å². The number of aryl methyl sites for hydroxylation is 1. The first kappa shape index (κ1) is 13.3. The van der Waals surface area contributed by atoms with E-state index in [4.69, 9.17) is 0 Å². The van der Waals surface area contributed by atoms with Gasteiger partial charge in [-0.1, -0.05) is 6.07 Å². The van der Waals surface area contributed by atoms with Crippen LogP contribution < -0.4 is 5.32 Å². The predicted molar refractivity (Wildman–Crippen MR) is 79.2 cm³/mol. The average molecular weight is 307 g/mol. The van der Waals surface area contributed by atoms with E-state index in [0.717, 1.165) is 15.6 Å². The Hall–Kier alpha value is -1.73. The van der Waals surface area contributed by atoms with Gasteiger partial charge in [0.2, 0.25) is 5.91 Å². The molecule has 7 heteroatoms. The highest BCUT2D eigenvalue weighted by molar-refractivity contribution is 7.12. The zero-order chi connectivity index (χ0) is 14.1. The molecule has 0 atom stereocenters. The lowest BCUT2D eigenvalue weighted by Gasteiger charge is -2.37. The number of thiophene rings is 1. The molecule has 0 radical (unpaired) electrons. The summed E-state index contributed by atoms with van der Waals surface area (Å²) >= 11 is 2.70. The molecular weight excluding hydrogens is 294 g/mol. The minimum Gasteiger partial charge on any atom is -0.336 e. The van der Waals surface area contributed by atoms with Gasteiger partial charge < -0.3 is 10.2 Å². The zero-order valence-corrected chi connectivity index (χ0v) is 12.5. The molecule has 1 saturated heterocycles. The molecule has 0 aromatic carbocycles. The van der Waals surface area contributed by atoms with Crippen molar-refractivity contribution < 1.29 is 9.59 Å². The third-order valence-electron chi connectivity index (χ3n) is 3.15. The lowest BCUT2D eigenvalue weighted by atomic mass is 9.99. The smallest absolute Gasteiger partial charge is 0.263 e. The molecule has 1 N–H and O–H groups in total. The zero-order valence-electron chi connectivity index (χ0n) is 10.8. The summed E-state index contributed by atoms with van der Waals surface area (Å²) in [7, 11) is 0. The Bertz CT molecular complexity index is 630. The fraction of sp³-hybridized carbons (Fsp3) is 0.308. The molecule has 2 aromatic rings. The number of carbonyl (C=O) groups excluding carboxylic acids is 2. The van der Waals surface area contributed by atoms with Gasteiger partial charge in [-0.2, -0.15) is 4.37 Å². The standard InChI is InChI=1S/C13H13N3O2S2/c1-8-5-11(20-15-8)14-12(17)9-6-16(7-9)13(18)10-3-2-4-19-10/h2-5,9H,6-7H2,1H3,(H,14,17). The summed E-state index contributed by atoms with van der Waals surface area (Å²) in [4.78, 5) is 26.4. The number of aromatic nitrogens is 1. The van der Waals surface area contributed by atoms with E-state index in [9.17, 15) is 9.59 Å². The number of likely N-dealkylation sites (tertiary alicyclic amines) is 1. The van der Waals surface area contributed by atoms with Gasteiger partial charge in [-0.15, -0.1) is 11.3 Å². The molecule has 0 bridgehead atoms. The van der Waals surface area contributed by atoms with Gasteiger partial charge in [0.25, 0.3) is 5.91 Å². The number of carbonyl (C=O) groups is 2. The van der Waals surface area contributed by atoms with Crippen LogP contribution in [0, 0.1) is 12.8 Å². The van der Waals surface area contributed by atoms with Gasteiger partial charge in [0, 0.05) is 13.1 Å². The van der Waals surface area contributed by atoms with Crippen LogP contribution in [0.25, 0.3) is 0 Å². The highest BCUT2D eigenvalue weighted by Crippen LogP contribution is 2.23. The molecule has 0 aliphatic carbocycles. The van der Waals surface area contributed by atoms with Gasteiger partial charge in [0.15, 0.2) is 0 Å². The molecule has 104 valence electrons. The molecule has 1 fully saturated rings. The number of rotatable bonds is 3. The van der Waals surface area contributed by atoms with Crippen LogP contribution >= 0.6 is 22.9 Å². The van der Waals surface area contributed by atoms with Crippen molar-refractivity contribution in [2.24, 2.45) is 5.92 Å². The molecule has 2 amide bonds. The van der Waals surface area contributed by atoms with Gasteiger partial charge >= 0.3 is 0 Å². The molecule has 0 saturated carbocycles. The Kier molecular flexibility index (Phi) is 3.54. The number of nitrogens with zero attached hydrogens (tertiary/aromatic N) is 2. The fourth-order valence-corrected chi connectivity index (χ4v) is 3.37. The van der Waals surface area contributed by atoms with Crippen molar-refractivity contribution in [2.75, 3.05) is 18.4 Å².